The number of benzene rings is 4. The van der Waals surface area contributed by atoms with E-state index in [1.165, 1.54) is 11.8 Å². The zero-order valence-corrected chi connectivity index (χ0v) is 22.3. The van der Waals surface area contributed by atoms with Crippen molar-refractivity contribution in [3.8, 4) is 22.8 Å². The molecule has 7 nitrogen and oxygen atoms in total. The Labute approximate surface area is 229 Å². The van der Waals surface area contributed by atoms with Crippen LogP contribution in [0.1, 0.15) is 12.5 Å². The number of carbonyl (C=O) groups is 1. The fourth-order valence-electron chi connectivity index (χ4n) is 4.02. The Kier molecular flexibility index (Phi) is 7.72. The van der Waals surface area contributed by atoms with E-state index in [-0.39, 0.29) is 11.7 Å². The van der Waals surface area contributed by atoms with Gasteiger partial charge in [-0.25, -0.2) is 5.43 Å². The lowest BCUT2D eigenvalue weighted by Crippen LogP contribution is -2.21. The topological polar surface area (TPSA) is 81.4 Å². The summed E-state index contributed by atoms with van der Waals surface area (Å²) in [6, 6.07) is 29.1. The first-order chi connectivity index (χ1) is 18.5. The zero-order chi connectivity index (χ0) is 26.5. The molecule has 1 heterocycles. The number of ether oxygens (including phenoxy) is 1. The van der Waals surface area contributed by atoms with Crippen LogP contribution in [0.4, 0.5) is 0 Å². The molecule has 0 unspecified atom stereocenters. The van der Waals surface area contributed by atoms with E-state index in [9.17, 15) is 4.79 Å². The molecule has 0 fully saturated rings. The largest absolute Gasteiger partial charge is 0.497 e. The number of hydrogen-bond acceptors (Lipinski definition) is 6. The first-order valence-electron chi connectivity index (χ1n) is 11.8. The summed E-state index contributed by atoms with van der Waals surface area (Å²) in [5, 5.41) is 16.6. The molecule has 1 N–H and O–H groups in total. The van der Waals surface area contributed by atoms with E-state index in [1.54, 1.807) is 19.2 Å². The fraction of sp³-hybridized carbons (Fsp3) is 0.103. The molecule has 5 rings (SSSR count). The second-order valence-corrected chi connectivity index (χ2v) is 9.77. The summed E-state index contributed by atoms with van der Waals surface area (Å²) < 4.78 is 7.18. The van der Waals surface area contributed by atoms with Crippen LogP contribution in [-0.4, -0.2) is 39.2 Å². The minimum atomic E-state index is -0.244. The number of carbonyl (C=O) groups excluding carboxylic acids is 1. The molecule has 9 heteroatoms. The number of halogens is 1. The van der Waals surface area contributed by atoms with Gasteiger partial charge in [0.05, 0.1) is 18.6 Å². The van der Waals surface area contributed by atoms with Gasteiger partial charge in [0.1, 0.15) is 5.75 Å². The SMILES string of the molecule is COc1ccc(-c2nnc(SCC(=O)NN=C(C)c3cccc4ccccc34)n2-c2ccc(Cl)cc2)cc1. The number of rotatable bonds is 8. The van der Waals surface area contributed by atoms with Crippen molar-refractivity contribution in [3.63, 3.8) is 0 Å². The number of nitrogens with one attached hydrogen (secondary N) is 1. The van der Waals surface area contributed by atoms with Gasteiger partial charge in [0, 0.05) is 21.8 Å². The number of thioether (sulfide) groups is 1. The molecule has 190 valence electrons. The van der Waals surface area contributed by atoms with Crippen LogP contribution in [0.3, 0.4) is 0 Å². The highest BCUT2D eigenvalue weighted by molar-refractivity contribution is 7.99. The third-order valence-electron chi connectivity index (χ3n) is 5.93. The molecule has 0 atom stereocenters. The van der Waals surface area contributed by atoms with Crippen LogP contribution in [0.2, 0.25) is 5.02 Å². The number of methoxy groups -OCH3 is 1. The van der Waals surface area contributed by atoms with Gasteiger partial charge in [0.25, 0.3) is 5.91 Å². The van der Waals surface area contributed by atoms with Crippen LogP contribution >= 0.6 is 23.4 Å². The van der Waals surface area contributed by atoms with Gasteiger partial charge in [0.15, 0.2) is 11.0 Å². The molecule has 0 aliphatic rings. The molecule has 1 amide bonds. The van der Waals surface area contributed by atoms with Gasteiger partial charge in [-0.2, -0.15) is 5.10 Å². The summed E-state index contributed by atoms with van der Waals surface area (Å²) in [6.07, 6.45) is 0. The van der Waals surface area contributed by atoms with E-state index >= 15 is 0 Å². The second-order valence-electron chi connectivity index (χ2n) is 8.39. The van der Waals surface area contributed by atoms with E-state index in [0.717, 1.165) is 39.0 Å². The predicted octanol–water partition coefficient (Wildman–Crippen LogP) is 6.38. The van der Waals surface area contributed by atoms with Crippen molar-refractivity contribution in [2.45, 2.75) is 12.1 Å². The molecule has 0 bridgehead atoms. The van der Waals surface area contributed by atoms with Crippen molar-refractivity contribution in [1.29, 1.82) is 0 Å². The van der Waals surface area contributed by atoms with Crippen molar-refractivity contribution in [3.05, 3.63) is 102 Å². The van der Waals surface area contributed by atoms with Gasteiger partial charge in [-0.1, -0.05) is 65.8 Å². The van der Waals surface area contributed by atoms with Gasteiger partial charge in [-0.3, -0.25) is 9.36 Å². The molecule has 4 aromatic carbocycles. The smallest absolute Gasteiger partial charge is 0.250 e. The number of hydrogen-bond donors (Lipinski definition) is 1. The van der Waals surface area contributed by atoms with Crippen molar-refractivity contribution >= 4 is 45.8 Å². The van der Waals surface area contributed by atoms with Gasteiger partial charge in [-0.05, 0) is 66.2 Å². The average Bonchev–Trinajstić information content (AvgIpc) is 3.38. The zero-order valence-electron chi connectivity index (χ0n) is 20.8. The van der Waals surface area contributed by atoms with Gasteiger partial charge in [0.2, 0.25) is 0 Å². The summed E-state index contributed by atoms with van der Waals surface area (Å²) in [6.45, 7) is 1.88. The van der Waals surface area contributed by atoms with Crippen molar-refractivity contribution in [2.75, 3.05) is 12.9 Å². The summed E-state index contributed by atoms with van der Waals surface area (Å²) in [4.78, 5) is 12.7. The van der Waals surface area contributed by atoms with Crippen LogP contribution in [0.25, 0.3) is 27.8 Å². The Bertz CT molecular complexity index is 1610. The monoisotopic (exact) mass is 541 g/mol. The molecule has 0 saturated carbocycles. The number of fused-ring (bicyclic) bond motifs is 1. The van der Waals surface area contributed by atoms with Crippen LogP contribution in [0.5, 0.6) is 5.75 Å². The predicted molar refractivity (Wildman–Crippen MR) is 153 cm³/mol. The molecule has 1 aromatic heterocycles. The van der Waals surface area contributed by atoms with Crippen LogP contribution in [-0.2, 0) is 4.79 Å². The fourth-order valence-corrected chi connectivity index (χ4v) is 4.89. The molecular formula is C29H24ClN5O2S. The maximum Gasteiger partial charge on any atom is 0.250 e. The normalized spacial score (nSPS) is 11.5. The number of hydrazone groups is 1. The van der Waals surface area contributed by atoms with E-state index in [0.29, 0.717) is 16.0 Å². The number of amides is 1. The highest BCUT2D eigenvalue weighted by atomic mass is 35.5. The van der Waals surface area contributed by atoms with Crippen molar-refractivity contribution in [2.24, 2.45) is 5.10 Å². The average molecular weight is 542 g/mol. The first-order valence-corrected chi connectivity index (χ1v) is 13.2. The first kappa shape index (κ1) is 25.5. The summed E-state index contributed by atoms with van der Waals surface area (Å²) in [5.41, 5.74) is 6.07. The second kappa shape index (κ2) is 11.5. The van der Waals surface area contributed by atoms with Crippen LogP contribution < -0.4 is 10.2 Å². The van der Waals surface area contributed by atoms with Gasteiger partial charge < -0.3 is 4.74 Å². The maximum atomic E-state index is 12.7. The Morgan fingerprint density at radius 2 is 1.71 bits per heavy atom. The Balaban J connectivity index is 1.35. The standard InChI is InChI=1S/C29H24ClN5O2S/c1-19(25-9-5-7-20-6-3-4-8-26(20)25)31-32-27(36)18-38-29-34-33-28(21-10-16-24(37-2)17-11-21)35(29)23-14-12-22(30)13-15-23/h3-17H,18H2,1-2H3,(H,32,36). The minimum absolute atomic E-state index is 0.112. The highest BCUT2D eigenvalue weighted by Gasteiger charge is 2.17. The number of aromatic nitrogens is 3. The summed E-state index contributed by atoms with van der Waals surface area (Å²) in [7, 11) is 1.62. The Morgan fingerprint density at radius 3 is 2.47 bits per heavy atom. The third kappa shape index (κ3) is 5.56. The highest BCUT2D eigenvalue weighted by Crippen LogP contribution is 2.29. The van der Waals surface area contributed by atoms with Crippen molar-refractivity contribution in [1.82, 2.24) is 20.2 Å². The van der Waals surface area contributed by atoms with Gasteiger partial charge >= 0.3 is 0 Å². The number of nitrogens with zero attached hydrogens (tertiary/aromatic N) is 4. The van der Waals surface area contributed by atoms with E-state index in [4.69, 9.17) is 16.3 Å². The lowest BCUT2D eigenvalue weighted by molar-refractivity contribution is -0.118. The van der Waals surface area contributed by atoms with E-state index < -0.39 is 0 Å². The van der Waals surface area contributed by atoms with Gasteiger partial charge in [-0.15, -0.1) is 10.2 Å². The Hall–Kier alpha value is -4.14. The maximum absolute atomic E-state index is 12.7. The molecule has 0 aliphatic carbocycles. The molecular weight excluding hydrogens is 518 g/mol. The van der Waals surface area contributed by atoms with E-state index in [1.807, 2.05) is 78.2 Å². The molecule has 0 saturated heterocycles. The van der Waals surface area contributed by atoms with Crippen molar-refractivity contribution < 1.29 is 9.53 Å². The van der Waals surface area contributed by atoms with Crippen LogP contribution in [0.15, 0.2) is 101 Å². The molecule has 0 radical (unpaired) electrons. The summed E-state index contributed by atoms with van der Waals surface area (Å²) in [5.74, 6) is 1.26. The third-order valence-corrected chi connectivity index (χ3v) is 7.11. The molecule has 5 aromatic rings. The lowest BCUT2D eigenvalue weighted by Gasteiger charge is -2.11. The minimum Gasteiger partial charge on any atom is -0.497 e. The van der Waals surface area contributed by atoms with E-state index in [2.05, 4.69) is 32.9 Å². The lowest BCUT2D eigenvalue weighted by atomic mass is 10.0. The summed E-state index contributed by atoms with van der Waals surface area (Å²) >= 11 is 7.40. The molecule has 0 aliphatic heterocycles. The Morgan fingerprint density at radius 1 is 0.974 bits per heavy atom. The van der Waals surface area contributed by atoms with Crippen LogP contribution in [0, 0.1) is 0 Å². The molecule has 0 spiro atoms. The quantitative estimate of drug-likeness (QED) is 0.140. The molecule has 38 heavy (non-hydrogen) atoms.